The molecule has 2 aromatic heterocycles. The van der Waals surface area contributed by atoms with Crippen molar-refractivity contribution in [3.63, 3.8) is 0 Å². The third-order valence-corrected chi connectivity index (χ3v) is 2.60. The monoisotopic (exact) mass is 216 g/mol. The van der Waals surface area contributed by atoms with Crippen LogP contribution in [0.5, 0.6) is 0 Å². The van der Waals surface area contributed by atoms with Crippen molar-refractivity contribution < 1.29 is 4.79 Å². The maximum absolute atomic E-state index is 11.0. The minimum Gasteiger partial charge on any atom is -0.303 e. The molecule has 0 unspecified atom stereocenters. The molecule has 2 aromatic rings. The molecule has 0 aliphatic heterocycles. The fourth-order valence-electron chi connectivity index (χ4n) is 1.87. The molecule has 3 heteroatoms. The zero-order valence-electron chi connectivity index (χ0n) is 9.90. The predicted molar refractivity (Wildman–Crippen MR) is 63.9 cm³/mol. The Morgan fingerprint density at radius 2 is 2.25 bits per heavy atom. The molecule has 0 fully saturated rings. The van der Waals surface area contributed by atoms with Gasteiger partial charge in [-0.15, -0.1) is 0 Å². The number of rotatable bonds is 3. The summed E-state index contributed by atoms with van der Waals surface area (Å²) in [7, 11) is 0. The molecule has 84 valence electrons. The van der Waals surface area contributed by atoms with E-state index in [-0.39, 0.29) is 0 Å². The Hall–Kier alpha value is -1.64. The summed E-state index contributed by atoms with van der Waals surface area (Å²) in [5.74, 6) is 1.50. The van der Waals surface area contributed by atoms with Gasteiger partial charge in [0.2, 0.25) is 0 Å². The Bertz CT molecular complexity index is 526. The largest absolute Gasteiger partial charge is 0.303 e. The highest BCUT2D eigenvalue weighted by Crippen LogP contribution is 2.16. The number of hydrogen-bond donors (Lipinski definition) is 0. The van der Waals surface area contributed by atoms with Crippen molar-refractivity contribution in [2.45, 2.75) is 27.2 Å². The Labute approximate surface area is 95.1 Å². The van der Waals surface area contributed by atoms with Crippen LogP contribution in [-0.4, -0.2) is 15.7 Å². The van der Waals surface area contributed by atoms with Crippen molar-refractivity contribution >= 4 is 11.8 Å². The van der Waals surface area contributed by atoms with E-state index in [1.165, 1.54) is 0 Å². The van der Waals surface area contributed by atoms with Gasteiger partial charge in [-0.2, -0.15) is 0 Å². The second-order valence-electron chi connectivity index (χ2n) is 4.59. The molecule has 0 radical (unpaired) electrons. The highest BCUT2D eigenvalue weighted by molar-refractivity contribution is 5.84. The van der Waals surface area contributed by atoms with Crippen molar-refractivity contribution in [3.05, 3.63) is 35.4 Å². The molecule has 0 amide bonds. The third-order valence-electron chi connectivity index (χ3n) is 2.60. The molecule has 16 heavy (non-hydrogen) atoms. The number of aromatic nitrogens is 2. The van der Waals surface area contributed by atoms with Gasteiger partial charge in [0, 0.05) is 12.6 Å². The number of aryl methyl sites for hydroxylation is 1. The molecule has 2 rings (SSSR count). The number of fused-ring (bicyclic) bond motifs is 1. The van der Waals surface area contributed by atoms with E-state index in [4.69, 9.17) is 0 Å². The third kappa shape index (κ3) is 1.85. The van der Waals surface area contributed by atoms with Crippen molar-refractivity contribution in [2.75, 3.05) is 0 Å². The molecule has 2 heterocycles. The first-order valence-electron chi connectivity index (χ1n) is 5.54. The van der Waals surface area contributed by atoms with E-state index in [0.717, 1.165) is 29.6 Å². The molecule has 0 bridgehead atoms. The van der Waals surface area contributed by atoms with Crippen molar-refractivity contribution in [1.29, 1.82) is 0 Å². The molecule has 3 nitrogen and oxygen atoms in total. The highest BCUT2D eigenvalue weighted by atomic mass is 16.1. The summed E-state index contributed by atoms with van der Waals surface area (Å²) in [6.07, 6.45) is 3.71. The Kier molecular flexibility index (Phi) is 2.77. The van der Waals surface area contributed by atoms with E-state index < -0.39 is 0 Å². The number of nitrogens with zero attached hydrogens (tertiary/aromatic N) is 2. The lowest BCUT2D eigenvalue weighted by molar-refractivity contribution is 0.112. The number of carbonyl (C=O) groups is 1. The Morgan fingerprint density at radius 3 is 2.88 bits per heavy atom. The van der Waals surface area contributed by atoms with Crippen LogP contribution in [0.25, 0.3) is 5.52 Å². The van der Waals surface area contributed by atoms with Crippen LogP contribution in [0.1, 0.15) is 35.7 Å². The number of hydrogen-bond acceptors (Lipinski definition) is 2. The normalized spacial score (nSPS) is 11.2. The molecular formula is C13H16N2O. The first-order valence-corrected chi connectivity index (χ1v) is 5.54. The van der Waals surface area contributed by atoms with E-state index in [9.17, 15) is 4.79 Å². The lowest BCUT2D eigenvalue weighted by Crippen LogP contribution is -2.00. The average Bonchev–Trinajstić information content (AvgIpc) is 2.55. The predicted octanol–water partition coefficient (Wildman–Crippen LogP) is 2.65. The summed E-state index contributed by atoms with van der Waals surface area (Å²) >= 11 is 0. The smallest absolute Gasteiger partial charge is 0.170 e. The zero-order valence-corrected chi connectivity index (χ0v) is 9.90. The fraction of sp³-hybridized carbons (Fsp3) is 0.385. The van der Waals surface area contributed by atoms with Crippen LogP contribution >= 0.6 is 0 Å². The SMILES string of the molecule is Cc1ccn2c(CC(C)C)nc(C=O)c2c1. The van der Waals surface area contributed by atoms with Gasteiger partial charge in [-0.05, 0) is 30.5 Å². The van der Waals surface area contributed by atoms with Gasteiger partial charge in [-0.1, -0.05) is 13.8 Å². The van der Waals surface area contributed by atoms with Crippen LogP contribution in [0.15, 0.2) is 18.3 Å². The van der Waals surface area contributed by atoms with Crippen LogP contribution in [0.2, 0.25) is 0 Å². The van der Waals surface area contributed by atoms with Gasteiger partial charge in [-0.25, -0.2) is 4.98 Å². The molecule has 0 aromatic carbocycles. The second kappa shape index (κ2) is 4.08. The number of imidazole rings is 1. The van der Waals surface area contributed by atoms with E-state index in [0.29, 0.717) is 11.6 Å². The van der Waals surface area contributed by atoms with Gasteiger partial charge in [0.25, 0.3) is 0 Å². The van der Waals surface area contributed by atoms with Gasteiger partial charge in [0.15, 0.2) is 6.29 Å². The second-order valence-corrected chi connectivity index (χ2v) is 4.59. The summed E-state index contributed by atoms with van der Waals surface area (Å²) in [5, 5.41) is 0. The lowest BCUT2D eigenvalue weighted by Gasteiger charge is -2.04. The van der Waals surface area contributed by atoms with E-state index in [1.54, 1.807) is 0 Å². The molecule has 0 atom stereocenters. The summed E-state index contributed by atoms with van der Waals surface area (Å²) in [6.45, 7) is 6.31. The fourth-order valence-corrected chi connectivity index (χ4v) is 1.87. The van der Waals surface area contributed by atoms with Crippen LogP contribution < -0.4 is 0 Å². The Balaban J connectivity index is 2.63. The van der Waals surface area contributed by atoms with Gasteiger partial charge >= 0.3 is 0 Å². The molecular weight excluding hydrogens is 200 g/mol. The number of pyridine rings is 1. The summed E-state index contributed by atoms with van der Waals surface area (Å²) in [4.78, 5) is 15.3. The quantitative estimate of drug-likeness (QED) is 0.739. The van der Waals surface area contributed by atoms with Crippen molar-refractivity contribution in [2.24, 2.45) is 5.92 Å². The first kappa shape index (κ1) is 10.9. The highest BCUT2D eigenvalue weighted by Gasteiger charge is 2.11. The number of carbonyl (C=O) groups excluding carboxylic acids is 1. The van der Waals surface area contributed by atoms with Crippen LogP contribution in [0.3, 0.4) is 0 Å². The first-order chi connectivity index (χ1) is 7.61. The summed E-state index contributed by atoms with van der Waals surface area (Å²) in [6, 6.07) is 4.04. The standard InChI is InChI=1S/C13H16N2O/c1-9(2)6-13-14-11(8-16)12-7-10(3)4-5-15(12)13/h4-5,7-9H,6H2,1-3H3. The Morgan fingerprint density at radius 1 is 1.50 bits per heavy atom. The summed E-state index contributed by atoms with van der Waals surface area (Å²) < 4.78 is 2.01. The molecule has 0 aliphatic carbocycles. The van der Waals surface area contributed by atoms with Gasteiger partial charge < -0.3 is 4.40 Å². The minimum atomic E-state index is 0.534. The molecule has 0 spiro atoms. The van der Waals surface area contributed by atoms with Crippen LogP contribution in [0.4, 0.5) is 0 Å². The van der Waals surface area contributed by atoms with E-state index in [1.807, 2.05) is 29.7 Å². The maximum Gasteiger partial charge on any atom is 0.170 e. The van der Waals surface area contributed by atoms with Crippen molar-refractivity contribution in [3.8, 4) is 0 Å². The lowest BCUT2D eigenvalue weighted by atomic mass is 10.1. The zero-order chi connectivity index (χ0) is 11.7. The molecule has 0 saturated carbocycles. The van der Waals surface area contributed by atoms with E-state index in [2.05, 4.69) is 18.8 Å². The molecule has 0 aliphatic rings. The number of aldehydes is 1. The van der Waals surface area contributed by atoms with Crippen LogP contribution in [0, 0.1) is 12.8 Å². The van der Waals surface area contributed by atoms with E-state index >= 15 is 0 Å². The molecule has 0 saturated heterocycles. The maximum atomic E-state index is 11.0. The van der Waals surface area contributed by atoms with Gasteiger partial charge in [-0.3, -0.25) is 4.79 Å². The van der Waals surface area contributed by atoms with Gasteiger partial charge in [0.05, 0.1) is 5.52 Å². The average molecular weight is 216 g/mol. The van der Waals surface area contributed by atoms with Gasteiger partial charge in [0.1, 0.15) is 11.5 Å². The van der Waals surface area contributed by atoms with Crippen molar-refractivity contribution in [1.82, 2.24) is 9.38 Å². The molecule has 0 N–H and O–H groups in total. The van der Waals surface area contributed by atoms with Crippen LogP contribution in [-0.2, 0) is 6.42 Å². The minimum absolute atomic E-state index is 0.534. The topological polar surface area (TPSA) is 34.4 Å². The summed E-state index contributed by atoms with van der Waals surface area (Å²) in [5.41, 5.74) is 2.59.